The average molecular weight is 373 g/mol. The van der Waals surface area contributed by atoms with Crippen molar-refractivity contribution in [3.8, 4) is 0 Å². The van der Waals surface area contributed by atoms with Crippen LogP contribution in [0.3, 0.4) is 0 Å². The van der Waals surface area contributed by atoms with Crippen molar-refractivity contribution in [2.45, 2.75) is 39.3 Å². The van der Waals surface area contributed by atoms with Crippen LogP contribution in [0, 0.1) is 6.92 Å². The van der Waals surface area contributed by atoms with E-state index in [1.165, 1.54) is 6.20 Å². The molecule has 3 heterocycles. The number of hydrogen-bond donors (Lipinski definition) is 1. The molecule has 1 N–H and O–H groups in total. The lowest BCUT2D eigenvalue weighted by Gasteiger charge is -2.12. The van der Waals surface area contributed by atoms with Gasteiger partial charge in [0.25, 0.3) is 5.91 Å². The van der Waals surface area contributed by atoms with Crippen LogP contribution in [0.25, 0.3) is 11.0 Å². The van der Waals surface area contributed by atoms with Gasteiger partial charge in [-0.1, -0.05) is 0 Å². The maximum atomic E-state index is 12.6. The van der Waals surface area contributed by atoms with Crippen LogP contribution in [-0.2, 0) is 20.8 Å². The summed E-state index contributed by atoms with van der Waals surface area (Å²) in [6, 6.07) is 3.37. The molecule has 0 aliphatic carbocycles. The van der Waals surface area contributed by atoms with E-state index < -0.39 is 23.9 Å². The Hall–Kier alpha value is -2.74. The molecule has 0 radical (unpaired) electrons. The summed E-state index contributed by atoms with van der Waals surface area (Å²) in [7, 11) is 0. The topological polar surface area (TPSA) is 99.5 Å². The number of rotatable bonds is 6. The van der Waals surface area contributed by atoms with Crippen LogP contribution >= 0.6 is 0 Å². The van der Waals surface area contributed by atoms with Crippen LogP contribution in [0.15, 0.2) is 23.1 Å². The van der Waals surface area contributed by atoms with Crippen molar-refractivity contribution >= 4 is 22.9 Å². The lowest BCUT2D eigenvalue weighted by Crippen LogP contribution is -2.35. The fourth-order valence-corrected chi connectivity index (χ4v) is 3.04. The van der Waals surface area contributed by atoms with E-state index in [-0.39, 0.29) is 11.7 Å². The molecule has 1 amide bonds. The van der Waals surface area contributed by atoms with Crippen LogP contribution in [0.1, 0.15) is 35.8 Å². The number of nitrogens with one attached hydrogen (secondary N) is 1. The van der Waals surface area contributed by atoms with E-state index in [1.54, 1.807) is 16.7 Å². The minimum atomic E-state index is -0.822. The van der Waals surface area contributed by atoms with E-state index in [9.17, 15) is 14.4 Å². The second-order valence-corrected chi connectivity index (χ2v) is 6.50. The monoisotopic (exact) mass is 373 g/mol. The van der Waals surface area contributed by atoms with Gasteiger partial charge in [-0.3, -0.25) is 9.59 Å². The van der Waals surface area contributed by atoms with Crippen molar-refractivity contribution in [1.29, 1.82) is 0 Å². The van der Waals surface area contributed by atoms with Crippen LogP contribution in [0.4, 0.5) is 0 Å². The number of aryl methyl sites for hydroxylation is 2. The van der Waals surface area contributed by atoms with Crippen molar-refractivity contribution in [3.05, 3.63) is 39.8 Å². The first kappa shape index (κ1) is 19.0. The van der Waals surface area contributed by atoms with Gasteiger partial charge in [-0.2, -0.15) is 0 Å². The van der Waals surface area contributed by atoms with Gasteiger partial charge in [0.15, 0.2) is 6.61 Å². The number of aromatic nitrogens is 2. The van der Waals surface area contributed by atoms with E-state index in [4.69, 9.17) is 9.47 Å². The lowest BCUT2D eigenvalue weighted by atomic mass is 10.2. The third-order valence-corrected chi connectivity index (χ3v) is 4.51. The molecule has 1 saturated heterocycles. The second kappa shape index (κ2) is 8.30. The zero-order valence-electron chi connectivity index (χ0n) is 15.5. The molecule has 27 heavy (non-hydrogen) atoms. The van der Waals surface area contributed by atoms with E-state index in [1.807, 2.05) is 13.8 Å². The largest absolute Gasteiger partial charge is 0.452 e. The van der Waals surface area contributed by atoms with Crippen molar-refractivity contribution in [2.75, 3.05) is 19.8 Å². The predicted molar refractivity (Wildman–Crippen MR) is 98.7 cm³/mol. The SMILES string of the molecule is CCn1cc(C(=O)OCC(=O)NCC2CCCO2)c(=O)c2ccc(C)nc21. The molecule has 1 unspecified atom stereocenters. The van der Waals surface area contributed by atoms with Gasteiger partial charge in [-0.05, 0) is 38.8 Å². The van der Waals surface area contributed by atoms with Gasteiger partial charge in [-0.25, -0.2) is 9.78 Å². The Morgan fingerprint density at radius 1 is 1.41 bits per heavy atom. The van der Waals surface area contributed by atoms with Crippen molar-refractivity contribution in [3.63, 3.8) is 0 Å². The predicted octanol–water partition coefficient (Wildman–Crippen LogP) is 1.18. The van der Waals surface area contributed by atoms with Crippen molar-refractivity contribution < 1.29 is 19.1 Å². The number of ether oxygens (including phenoxy) is 2. The van der Waals surface area contributed by atoms with Gasteiger partial charge in [0.05, 0.1) is 11.5 Å². The molecule has 0 aromatic carbocycles. The Morgan fingerprint density at radius 2 is 2.22 bits per heavy atom. The van der Waals surface area contributed by atoms with Crippen LogP contribution in [-0.4, -0.2) is 47.3 Å². The summed E-state index contributed by atoms with van der Waals surface area (Å²) in [5.41, 5.74) is 0.740. The fraction of sp³-hybridized carbons (Fsp3) is 0.474. The highest BCUT2D eigenvalue weighted by atomic mass is 16.5. The maximum absolute atomic E-state index is 12.6. The van der Waals surface area contributed by atoms with Gasteiger partial charge < -0.3 is 19.4 Å². The smallest absolute Gasteiger partial charge is 0.344 e. The number of fused-ring (bicyclic) bond motifs is 1. The molecule has 2 aromatic rings. The van der Waals surface area contributed by atoms with Gasteiger partial charge in [0, 0.05) is 31.6 Å². The summed E-state index contributed by atoms with van der Waals surface area (Å²) in [6.07, 6.45) is 3.33. The molecule has 1 aliphatic heterocycles. The molecule has 8 heteroatoms. The molecule has 8 nitrogen and oxygen atoms in total. The first-order chi connectivity index (χ1) is 13.0. The number of carbonyl (C=O) groups is 2. The van der Waals surface area contributed by atoms with E-state index >= 15 is 0 Å². The Labute approximate surface area is 156 Å². The quantitative estimate of drug-likeness (QED) is 0.763. The molecule has 1 aliphatic rings. The van der Waals surface area contributed by atoms with Gasteiger partial charge in [0.1, 0.15) is 11.2 Å². The highest BCUT2D eigenvalue weighted by molar-refractivity contribution is 5.94. The van der Waals surface area contributed by atoms with Crippen molar-refractivity contribution in [1.82, 2.24) is 14.9 Å². The summed E-state index contributed by atoms with van der Waals surface area (Å²) in [5, 5.41) is 3.02. The highest BCUT2D eigenvalue weighted by Gasteiger charge is 2.19. The average Bonchev–Trinajstić information content (AvgIpc) is 3.18. The molecule has 0 bridgehead atoms. The molecule has 144 valence electrons. The molecule has 1 fully saturated rings. The number of esters is 1. The highest BCUT2D eigenvalue weighted by Crippen LogP contribution is 2.12. The summed E-state index contributed by atoms with van der Waals surface area (Å²) in [6.45, 7) is 4.91. The van der Waals surface area contributed by atoms with Gasteiger partial charge in [-0.15, -0.1) is 0 Å². The molecule has 0 spiro atoms. The van der Waals surface area contributed by atoms with E-state index in [0.29, 0.717) is 30.7 Å². The van der Waals surface area contributed by atoms with E-state index in [0.717, 1.165) is 18.5 Å². The number of carbonyl (C=O) groups excluding carboxylic acids is 2. The molecule has 0 saturated carbocycles. The third-order valence-electron chi connectivity index (χ3n) is 4.51. The third kappa shape index (κ3) is 4.33. The fourth-order valence-electron chi connectivity index (χ4n) is 3.04. The van der Waals surface area contributed by atoms with Gasteiger partial charge in [0.2, 0.25) is 5.43 Å². The normalized spacial score (nSPS) is 16.4. The Kier molecular flexibility index (Phi) is 5.85. The second-order valence-electron chi connectivity index (χ2n) is 6.50. The maximum Gasteiger partial charge on any atom is 0.344 e. The first-order valence-corrected chi connectivity index (χ1v) is 9.05. The Morgan fingerprint density at radius 3 is 2.93 bits per heavy atom. The number of hydrogen-bond acceptors (Lipinski definition) is 6. The lowest BCUT2D eigenvalue weighted by molar-refractivity contribution is -0.124. The molecule has 2 aromatic heterocycles. The first-order valence-electron chi connectivity index (χ1n) is 9.05. The summed E-state index contributed by atoms with van der Waals surface area (Å²) >= 11 is 0. The molecular formula is C19H23N3O5. The van der Waals surface area contributed by atoms with Crippen LogP contribution in [0.2, 0.25) is 0 Å². The zero-order valence-corrected chi connectivity index (χ0v) is 15.5. The number of pyridine rings is 2. The van der Waals surface area contributed by atoms with E-state index in [2.05, 4.69) is 10.3 Å². The minimum Gasteiger partial charge on any atom is -0.452 e. The molecular weight excluding hydrogens is 350 g/mol. The standard InChI is InChI=1S/C19H23N3O5/c1-3-22-10-15(17(24)14-7-6-12(2)21-18(14)22)19(25)27-11-16(23)20-9-13-5-4-8-26-13/h6-7,10,13H,3-5,8-9,11H2,1-2H3,(H,20,23). The zero-order chi connectivity index (χ0) is 19.4. The van der Waals surface area contributed by atoms with Crippen LogP contribution < -0.4 is 10.7 Å². The Bertz CT molecular complexity index is 915. The van der Waals surface area contributed by atoms with Crippen molar-refractivity contribution in [2.24, 2.45) is 0 Å². The van der Waals surface area contributed by atoms with Crippen LogP contribution in [0.5, 0.6) is 0 Å². The minimum absolute atomic E-state index is 0.0119. The summed E-state index contributed by atoms with van der Waals surface area (Å²) in [4.78, 5) is 41.2. The number of amides is 1. The summed E-state index contributed by atoms with van der Waals surface area (Å²) in [5.74, 6) is -1.25. The summed E-state index contributed by atoms with van der Waals surface area (Å²) < 4.78 is 12.2. The Balaban J connectivity index is 1.69. The van der Waals surface area contributed by atoms with Gasteiger partial charge >= 0.3 is 5.97 Å². The number of nitrogens with zero attached hydrogens (tertiary/aromatic N) is 2. The molecule has 1 atom stereocenters. The molecule has 3 rings (SSSR count).